The third-order valence-corrected chi connectivity index (χ3v) is 8.53. The van der Waals surface area contributed by atoms with Gasteiger partial charge in [-0.25, -0.2) is 9.78 Å². The van der Waals surface area contributed by atoms with Gasteiger partial charge in [0, 0.05) is 54.0 Å². The van der Waals surface area contributed by atoms with Gasteiger partial charge in [0.2, 0.25) is 5.91 Å². The number of carbonyl (C=O) groups excluding carboxylic acids is 1. The van der Waals surface area contributed by atoms with E-state index in [0.717, 1.165) is 35.9 Å². The summed E-state index contributed by atoms with van der Waals surface area (Å²) in [7, 11) is 1.61. The number of methoxy groups -OCH3 is 1. The number of hydrogen-bond donors (Lipinski definition) is 4. The van der Waals surface area contributed by atoms with Crippen molar-refractivity contribution in [2.24, 2.45) is 11.8 Å². The molecule has 9 heteroatoms. The van der Waals surface area contributed by atoms with Gasteiger partial charge in [-0.1, -0.05) is 42.5 Å². The predicted molar refractivity (Wildman–Crippen MR) is 158 cm³/mol. The fourth-order valence-corrected chi connectivity index (χ4v) is 6.07. The number of carbonyl (C=O) groups is 2. The highest BCUT2D eigenvalue weighted by Gasteiger charge is 2.60. The van der Waals surface area contributed by atoms with Gasteiger partial charge >= 0.3 is 5.97 Å². The Hall–Kier alpha value is -4.53. The summed E-state index contributed by atoms with van der Waals surface area (Å²) in [4.78, 5) is 30.4. The fourth-order valence-electron chi connectivity index (χ4n) is 6.07. The number of aliphatic carboxylic acids is 1. The molecular formula is C33H35N3O6. The van der Waals surface area contributed by atoms with Crippen molar-refractivity contribution in [2.75, 3.05) is 13.7 Å². The number of aromatic nitrogens is 1. The summed E-state index contributed by atoms with van der Waals surface area (Å²) in [5, 5.41) is 28.0. The Morgan fingerprint density at radius 1 is 1.12 bits per heavy atom. The first-order chi connectivity index (χ1) is 20.4. The maximum absolute atomic E-state index is 13.3. The molecule has 2 heterocycles. The van der Waals surface area contributed by atoms with E-state index >= 15 is 0 Å². The van der Waals surface area contributed by atoms with Crippen LogP contribution < -0.4 is 20.1 Å². The number of carboxylic acid groups (broad SMARTS) is 1. The molecular weight excluding hydrogens is 534 g/mol. The number of amides is 1. The Morgan fingerprint density at radius 2 is 1.95 bits per heavy atom. The van der Waals surface area contributed by atoms with Gasteiger partial charge in [-0.15, -0.1) is 0 Å². The molecule has 2 saturated carbocycles. The summed E-state index contributed by atoms with van der Waals surface area (Å²) in [6.07, 6.45) is 7.01. The van der Waals surface area contributed by atoms with Crippen LogP contribution in [0.5, 0.6) is 11.5 Å². The van der Waals surface area contributed by atoms with Crippen LogP contribution in [0.4, 0.5) is 0 Å². The van der Waals surface area contributed by atoms with Crippen molar-refractivity contribution >= 4 is 22.8 Å². The largest absolute Gasteiger partial charge is 0.497 e. The van der Waals surface area contributed by atoms with Crippen LogP contribution in [0.3, 0.4) is 0 Å². The Morgan fingerprint density at radius 3 is 2.74 bits per heavy atom. The van der Waals surface area contributed by atoms with Gasteiger partial charge in [0.25, 0.3) is 0 Å². The van der Waals surface area contributed by atoms with Crippen molar-refractivity contribution in [1.82, 2.24) is 15.6 Å². The number of fused-ring (bicyclic) bond motifs is 3. The third kappa shape index (κ3) is 5.38. The summed E-state index contributed by atoms with van der Waals surface area (Å²) < 4.78 is 12.0. The van der Waals surface area contributed by atoms with Crippen LogP contribution in [0.15, 0.2) is 78.2 Å². The molecule has 3 aromatic rings. The predicted octanol–water partition coefficient (Wildman–Crippen LogP) is 5.13. The molecule has 0 radical (unpaired) electrons. The van der Waals surface area contributed by atoms with Crippen molar-refractivity contribution < 1.29 is 29.3 Å². The summed E-state index contributed by atoms with van der Waals surface area (Å²) in [5.41, 5.74) is 1.57. The number of nitrogens with one attached hydrogen (secondary N) is 2. The molecule has 0 saturated heterocycles. The van der Waals surface area contributed by atoms with E-state index in [1.807, 2.05) is 66.7 Å². The lowest BCUT2D eigenvalue weighted by Gasteiger charge is -2.19. The molecule has 2 aliphatic carbocycles. The number of aliphatic hydroxyl groups is 1. The van der Waals surface area contributed by atoms with E-state index in [0.29, 0.717) is 42.0 Å². The fraction of sp³-hybridized carbons (Fsp3) is 0.364. The van der Waals surface area contributed by atoms with Gasteiger partial charge in [-0.2, -0.15) is 0 Å². The zero-order chi connectivity index (χ0) is 29.3. The van der Waals surface area contributed by atoms with Crippen LogP contribution >= 0.6 is 0 Å². The second-order valence-electron chi connectivity index (χ2n) is 11.3. The molecule has 4 N–H and O–H groups in total. The van der Waals surface area contributed by atoms with Crippen molar-refractivity contribution in [3.05, 3.63) is 78.2 Å². The molecule has 218 valence electrons. The van der Waals surface area contributed by atoms with Gasteiger partial charge in [0.05, 0.1) is 24.2 Å². The molecule has 2 fully saturated rings. The standard InChI is InChI=1S/C33H35N3O6/c1-41-22-12-13-24-28(17-22)35-27(20-9-5-4-6-10-20)18-29(24)42-23-15-25-26(16-23)31(38)36-33(32(39)40)19-21(33)11-7-2-3-8-14-34-30(25)37/h4-7,9-13,17-18,21,23,25,36,38H,2-3,8,14-16,19H2,1H3,(H,34,37)(H,39,40)/b11-7-,31-26-/t21-,23?,25-,33-/m1/s1. The Bertz CT molecular complexity index is 1570. The topological polar surface area (TPSA) is 130 Å². The molecule has 1 aromatic heterocycles. The smallest absolute Gasteiger partial charge is 0.330 e. The number of allylic oxidation sites excluding steroid dienone is 1. The van der Waals surface area contributed by atoms with E-state index in [9.17, 15) is 19.8 Å². The van der Waals surface area contributed by atoms with Crippen molar-refractivity contribution in [2.45, 2.75) is 50.2 Å². The molecule has 0 bridgehead atoms. The molecule has 3 aliphatic rings. The molecule has 2 aromatic carbocycles. The van der Waals surface area contributed by atoms with Crippen LogP contribution in [0.25, 0.3) is 22.2 Å². The number of pyridine rings is 1. The summed E-state index contributed by atoms with van der Waals surface area (Å²) in [6.45, 7) is 0.538. The first kappa shape index (κ1) is 27.6. The normalized spacial score (nSPS) is 28.4. The van der Waals surface area contributed by atoms with Crippen LogP contribution in [0.1, 0.15) is 38.5 Å². The van der Waals surface area contributed by atoms with E-state index in [1.165, 1.54) is 0 Å². The first-order valence-corrected chi connectivity index (χ1v) is 14.5. The van der Waals surface area contributed by atoms with Crippen molar-refractivity contribution in [3.63, 3.8) is 0 Å². The van der Waals surface area contributed by atoms with E-state index in [2.05, 4.69) is 10.6 Å². The van der Waals surface area contributed by atoms with Gasteiger partial charge < -0.3 is 30.3 Å². The molecule has 6 rings (SSSR count). The SMILES string of the molecule is COc1ccc2c(OC3C/C4=C(/O)N[C@]5(C(=O)O)C[C@H]5/C=C\CCCCNC(=O)[C@@H]4C3)cc(-c3ccccc3)nc2c1. The quantitative estimate of drug-likeness (QED) is 0.311. The Labute approximate surface area is 244 Å². The number of hydrogen-bond acceptors (Lipinski definition) is 7. The van der Waals surface area contributed by atoms with Crippen molar-refractivity contribution in [3.8, 4) is 22.8 Å². The van der Waals surface area contributed by atoms with Crippen LogP contribution in [0, 0.1) is 11.8 Å². The molecule has 4 atom stereocenters. The monoisotopic (exact) mass is 569 g/mol. The summed E-state index contributed by atoms with van der Waals surface area (Å²) in [6, 6.07) is 17.3. The zero-order valence-electron chi connectivity index (χ0n) is 23.5. The Kier molecular flexibility index (Phi) is 7.49. The maximum atomic E-state index is 13.3. The Balaban J connectivity index is 1.34. The van der Waals surface area contributed by atoms with Crippen molar-refractivity contribution in [1.29, 1.82) is 0 Å². The second kappa shape index (κ2) is 11.4. The molecule has 9 nitrogen and oxygen atoms in total. The molecule has 1 aliphatic heterocycles. The highest BCUT2D eigenvalue weighted by Crippen LogP contribution is 2.47. The lowest BCUT2D eigenvalue weighted by Crippen LogP contribution is -2.41. The molecule has 1 unspecified atom stereocenters. The minimum atomic E-state index is -1.28. The minimum absolute atomic E-state index is 0.192. The van der Waals surface area contributed by atoms with Crippen LogP contribution in [-0.2, 0) is 9.59 Å². The molecule has 42 heavy (non-hydrogen) atoms. The highest BCUT2D eigenvalue weighted by atomic mass is 16.5. The van der Waals surface area contributed by atoms with E-state index in [-0.39, 0.29) is 24.1 Å². The third-order valence-electron chi connectivity index (χ3n) is 8.53. The van der Waals surface area contributed by atoms with Crippen LogP contribution in [0.2, 0.25) is 0 Å². The lowest BCUT2D eigenvalue weighted by atomic mass is 10.0. The average Bonchev–Trinajstić information content (AvgIpc) is 3.53. The first-order valence-electron chi connectivity index (χ1n) is 14.5. The second-order valence-corrected chi connectivity index (χ2v) is 11.3. The van der Waals surface area contributed by atoms with Crippen LogP contribution in [-0.4, -0.2) is 52.4 Å². The maximum Gasteiger partial charge on any atom is 0.330 e. The van der Waals surface area contributed by atoms with Gasteiger partial charge in [0.15, 0.2) is 5.88 Å². The van der Waals surface area contributed by atoms with E-state index in [4.69, 9.17) is 14.5 Å². The number of carboxylic acids is 1. The highest BCUT2D eigenvalue weighted by molar-refractivity contribution is 5.89. The molecule has 1 amide bonds. The lowest BCUT2D eigenvalue weighted by molar-refractivity contribution is -0.141. The van der Waals surface area contributed by atoms with E-state index in [1.54, 1.807) is 7.11 Å². The van der Waals surface area contributed by atoms with Gasteiger partial charge in [-0.3, -0.25) is 4.79 Å². The summed E-state index contributed by atoms with van der Waals surface area (Å²) in [5.74, 6) is -1.04. The number of ether oxygens (including phenoxy) is 2. The summed E-state index contributed by atoms with van der Waals surface area (Å²) >= 11 is 0. The number of rotatable bonds is 5. The van der Waals surface area contributed by atoms with Gasteiger partial charge in [0.1, 0.15) is 23.1 Å². The van der Waals surface area contributed by atoms with E-state index < -0.39 is 23.5 Å². The molecule has 0 spiro atoms. The van der Waals surface area contributed by atoms with Gasteiger partial charge in [-0.05, 0) is 37.8 Å². The zero-order valence-corrected chi connectivity index (χ0v) is 23.5. The average molecular weight is 570 g/mol. The number of aliphatic hydroxyl groups excluding tert-OH is 1. The number of nitrogens with zero attached hydrogens (tertiary/aromatic N) is 1. The number of benzene rings is 2. The minimum Gasteiger partial charge on any atom is -0.497 e.